The molecule has 0 saturated carbocycles. The molecule has 1 aliphatic rings. The van der Waals surface area contributed by atoms with Gasteiger partial charge in [-0.25, -0.2) is 0 Å². The molecule has 0 spiro atoms. The quantitative estimate of drug-likeness (QED) is 0.871. The van der Waals surface area contributed by atoms with E-state index in [1.807, 2.05) is 59.5 Å². The molecule has 4 heteroatoms. The number of methoxy groups -OCH3 is 1. The van der Waals surface area contributed by atoms with Gasteiger partial charge in [0.05, 0.1) is 13.7 Å². The monoisotopic (exact) mass is 297 g/mol. The number of amides is 1. The summed E-state index contributed by atoms with van der Waals surface area (Å²) in [5.74, 6) is 1.68. The van der Waals surface area contributed by atoms with E-state index < -0.39 is 0 Å². The van der Waals surface area contributed by atoms with Crippen molar-refractivity contribution in [2.45, 2.75) is 12.5 Å². The van der Waals surface area contributed by atoms with Crippen LogP contribution in [0.1, 0.15) is 16.8 Å². The van der Waals surface area contributed by atoms with Gasteiger partial charge in [-0.2, -0.15) is 0 Å². The summed E-state index contributed by atoms with van der Waals surface area (Å²) in [4.78, 5) is 14.2. The van der Waals surface area contributed by atoms with E-state index in [9.17, 15) is 4.79 Å². The molecule has 0 unspecified atom stereocenters. The van der Waals surface area contributed by atoms with Crippen molar-refractivity contribution in [3.63, 3.8) is 0 Å². The average molecular weight is 297 g/mol. The van der Waals surface area contributed by atoms with Crippen LogP contribution in [0.5, 0.6) is 11.5 Å². The van der Waals surface area contributed by atoms with Crippen LogP contribution in [0.15, 0.2) is 54.6 Å². The zero-order valence-corrected chi connectivity index (χ0v) is 12.6. The van der Waals surface area contributed by atoms with Crippen LogP contribution in [0, 0.1) is 0 Å². The molecule has 4 nitrogen and oxygen atoms in total. The summed E-state index contributed by atoms with van der Waals surface area (Å²) in [5, 5.41) is 0. The van der Waals surface area contributed by atoms with Crippen LogP contribution in [0.3, 0.4) is 0 Å². The van der Waals surface area contributed by atoms with Gasteiger partial charge in [0.25, 0.3) is 5.91 Å². The Labute approximate surface area is 130 Å². The highest BCUT2D eigenvalue weighted by Gasteiger charge is 2.28. The topological polar surface area (TPSA) is 38.8 Å². The maximum atomic E-state index is 12.4. The second-order valence-electron chi connectivity index (χ2n) is 5.32. The molecule has 1 amide bonds. The molecule has 0 aliphatic carbocycles. The van der Waals surface area contributed by atoms with E-state index in [0.717, 1.165) is 30.0 Å². The molecule has 0 aromatic heterocycles. The Morgan fingerprint density at radius 2 is 1.73 bits per heavy atom. The van der Waals surface area contributed by atoms with Crippen molar-refractivity contribution in [3.8, 4) is 11.5 Å². The second kappa shape index (κ2) is 6.52. The Balaban J connectivity index is 1.59. The second-order valence-corrected chi connectivity index (χ2v) is 5.32. The van der Waals surface area contributed by atoms with E-state index in [1.54, 1.807) is 7.11 Å². The number of ether oxygens (including phenoxy) is 2. The van der Waals surface area contributed by atoms with Crippen molar-refractivity contribution in [1.82, 2.24) is 4.90 Å². The van der Waals surface area contributed by atoms with Crippen LogP contribution in [-0.2, 0) is 0 Å². The highest BCUT2D eigenvalue weighted by Crippen LogP contribution is 2.22. The van der Waals surface area contributed by atoms with Crippen LogP contribution in [-0.4, -0.2) is 37.1 Å². The minimum absolute atomic E-state index is 0.0426. The largest absolute Gasteiger partial charge is 0.497 e. The van der Waals surface area contributed by atoms with Crippen LogP contribution in [0.2, 0.25) is 0 Å². The number of nitrogens with zero attached hydrogens (tertiary/aromatic N) is 1. The normalized spacial score (nSPS) is 17.3. The van der Waals surface area contributed by atoms with E-state index in [0.29, 0.717) is 6.54 Å². The summed E-state index contributed by atoms with van der Waals surface area (Å²) >= 11 is 0. The zero-order chi connectivity index (χ0) is 15.4. The average Bonchev–Trinajstić information content (AvgIpc) is 3.04. The Morgan fingerprint density at radius 3 is 2.41 bits per heavy atom. The first-order valence-corrected chi connectivity index (χ1v) is 7.41. The summed E-state index contributed by atoms with van der Waals surface area (Å²) in [6, 6.07) is 16.9. The lowest BCUT2D eigenvalue weighted by atomic mass is 10.2. The third-order valence-electron chi connectivity index (χ3n) is 3.82. The van der Waals surface area contributed by atoms with E-state index in [4.69, 9.17) is 9.47 Å². The lowest BCUT2D eigenvalue weighted by Crippen LogP contribution is -2.30. The molecule has 1 aliphatic heterocycles. The van der Waals surface area contributed by atoms with E-state index in [2.05, 4.69) is 0 Å². The van der Waals surface area contributed by atoms with Crippen molar-refractivity contribution in [1.29, 1.82) is 0 Å². The van der Waals surface area contributed by atoms with E-state index >= 15 is 0 Å². The molecule has 0 bridgehead atoms. The summed E-state index contributed by atoms with van der Waals surface area (Å²) < 4.78 is 11.1. The molecule has 3 rings (SSSR count). The number of carbonyl (C=O) groups excluding carboxylic acids is 1. The van der Waals surface area contributed by atoms with Gasteiger partial charge < -0.3 is 14.4 Å². The predicted octanol–water partition coefficient (Wildman–Crippen LogP) is 2.99. The summed E-state index contributed by atoms with van der Waals surface area (Å²) in [5.41, 5.74) is 0.729. The molecule has 1 heterocycles. The number of likely N-dealkylation sites (tertiary alicyclic amines) is 1. The Kier molecular flexibility index (Phi) is 4.28. The van der Waals surface area contributed by atoms with Gasteiger partial charge >= 0.3 is 0 Å². The first-order chi connectivity index (χ1) is 10.8. The molecular weight excluding hydrogens is 278 g/mol. The Hall–Kier alpha value is -2.49. The molecule has 0 N–H and O–H groups in total. The van der Waals surface area contributed by atoms with Gasteiger partial charge in [0, 0.05) is 18.5 Å². The van der Waals surface area contributed by atoms with Gasteiger partial charge in [0.2, 0.25) is 0 Å². The fraction of sp³-hybridized carbons (Fsp3) is 0.278. The van der Waals surface area contributed by atoms with Gasteiger partial charge in [-0.1, -0.05) is 18.2 Å². The number of rotatable bonds is 4. The fourth-order valence-electron chi connectivity index (χ4n) is 2.62. The van der Waals surface area contributed by atoms with Crippen LogP contribution >= 0.6 is 0 Å². The highest BCUT2D eigenvalue weighted by molar-refractivity contribution is 5.94. The maximum Gasteiger partial charge on any atom is 0.253 e. The number of hydrogen-bond acceptors (Lipinski definition) is 3. The molecule has 0 radical (unpaired) electrons. The van der Waals surface area contributed by atoms with Crippen molar-refractivity contribution in [2.75, 3.05) is 20.2 Å². The number of carbonyl (C=O) groups is 1. The predicted molar refractivity (Wildman–Crippen MR) is 84.4 cm³/mol. The van der Waals surface area contributed by atoms with Gasteiger partial charge in [-0.15, -0.1) is 0 Å². The highest BCUT2D eigenvalue weighted by atomic mass is 16.5. The standard InChI is InChI=1S/C18H19NO3/c1-21-15-7-9-16(10-8-15)22-17-11-12-19(13-17)18(20)14-5-3-2-4-6-14/h2-10,17H,11-13H2,1H3/t17-/m1/s1. The SMILES string of the molecule is COc1ccc(O[C@@H]2CCN(C(=O)c3ccccc3)C2)cc1. The summed E-state index contributed by atoms with van der Waals surface area (Å²) in [7, 11) is 1.64. The van der Waals surface area contributed by atoms with E-state index in [1.165, 1.54) is 0 Å². The maximum absolute atomic E-state index is 12.4. The van der Waals surface area contributed by atoms with Crippen molar-refractivity contribution >= 4 is 5.91 Å². The third kappa shape index (κ3) is 3.22. The van der Waals surface area contributed by atoms with Crippen LogP contribution < -0.4 is 9.47 Å². The van der Waals surface area contributed by atoms with Crippen LogP contribution in [0.25, 0.3) is 0 Å². The molecule has 2 aromatic rings. The van der Waals surface area contributed by atoms with Gasteiger partial charge in [0.15, 0.2) is 0 Å². The molecule has 114 valence electrons. The third-order valence-corrected chi connectivity index (χ3v) is 3.82. The number of benzene rings is 2. The molecule has 1 fully saturated rings. The Bertz CT molecular complexity index is 625. The van der Waals surface area contributed by atoms with Gasteiger partial charge in [-0.05, 0) is 36.4 Å². The first-order valence-electron chi connectivity index (χ1n) is 7.41. The minimum Gasteiger partial charge on any atom is -0.497 e. The van der Waals surface area contributed by atoms with Crippen molar-refractivity contribution < 1.29 is 14.3 Å². The minimum atomic E-state index is 0.0426. The van der Waals surface area contributed by atoms with Gasteiger partial charge in [0.1, 0.15) is 17.6 Å². The zero-order valence-electron chi connectivity index (χ0n) is 12.6. The van der Waals surface area contributed by atoms with Crippen molar-refractivity contribution in [3.05, 3.63) is 60.2 Å². The molecular formula is C18H19NO3. The fourth-order valence-corrected chi connectivity index (χ4v) is 2.62. The Morgan fingerprint density at radius 1 is 1.05 bits per heavy atom. The smallest absolute Gasteiger partial charge is 0.253 e. The molecule has 1 atom stereocenters. The molecule has 22 heavy (non-hydrogen) atoms. The lowest BCUT2D eigenvalue weighted by Gasteiger charge is -2.17. The van der Waals surface area contributed by atoms with Crippen LogP contribution in [0.4, 0.5) is 0 Å². The van der Waals surface area contributed by atoms with Gasteiger partial charge in [-0.3, -0.25) is 4.79 Å². The first kappa shape index (κ1) is 14.4. The molecule has 1 saturated heterocycles. The summed E-state index contributed by atoms with van der Waals surface area (Å²) in [6.07, 6.45) is 0.894. The summed E-state index contributed by atoms with van der Waals surface area (Å²) in [6.45, 7) is 1.36. The number of hydrogen-bond donors (Lipinski definition) is 0. The van der Waals surface area contributed by atoms with E-state index in [-0.39, 0.29) is 12.0 Å². The van der Waals surface area contributed by atoms with Crippen molar-refractivity contribution in [2.24, 2.45) is 0 Å². The lowest BCUT2D eigenvalue weighted by molar-refractivity contribution is 0.0772. The molecule has 2 aromatic carbocycles.